The number of amides is 1. The third-order valence-electron chi connectivity index (χ3n) is 2.52. The predicted octanol–water partition coefficient (Wildman–Crippen LogP) is 1.51. The molecule has 1 aromatic carbocycles. The van der Waals surface area contributed by atoms with Gasteiger partial charge >= 0.3 is 6.18 Å². The maximum Gasteiger partial charge on any atom is 0.405 e. The maximum atomic E-state index is 11.8. The van der Waals surface area contributed by atoms with E-state index in [0.29, 0.717) is 13.0 Å². The molecule has 0 aromatic heterocycles. The fraction of sp³-hybridized carbons (Fsp3) is 0.462. The number of rotatable bonds is 7. The molecule has 1 rings (SSSR count). The van der Waals surface area contributed by atoms with Crippen molar-refractivity contribution in [2.45, 2.75) is 12.6 Å². The van der Waals surface area contributed by atoms with E-state index in [4.69, 9.17) is 4.74 Å². The molecule has 0 aliphatic rings. The minimum atomic E-state index is -4.38. The number of hydrogen-bond acceptors (Lipinski definition) is 3. The molecule has 2 N–H and O–H groups in total. The second-order valence-corrected chi connectivity index (χ2v) is 4.17. The largest absolute Gasteiger partial charge is 0.497 e. The van der Waals surface area contributed by atoms with Crippen molar-refractivity contribution in [2.24, 2.45) is 0 Å². The number of halogens is 3. The van der Waals surface area contributed by atoms with Crippen molar-refractivity contribution in [3.63, 3.8) is 0 Å². The highest BCUT2D eigenvalue weighted by molar-refractivity contribution is 5.77. The number of nitrogens with one attached hydrogen (secondary N) is 2. The summed E-state index contributed by atoms with van der Waals surface area (Å²) in [5, 5.41) is 4.58. The molecule has 0 radical (unpaired) electrons. The van der Waals surface area contributed by atoms with E-state index < -0.39 is 18.6 Å². The van der Waals surface area contributed by atoms with Gasteiger partial charge in [0.15, 0.2) is 0 Å². The van der Waals surface area contributed by atoms with Crippen molar-refractivity contribution in [3.05, 3.63) is 29.8 Å². The van der Waals surface area contributed by atoms with Gasteiger partial charge in [0.1, 0.15) is 12.3 Å². The van der Waals surface area contributed by atoms with Gasteiger partial charge in [-0.05, 0) is 30.7 Å². The number of hydrogen-bond donors (Lipinski definition) is 2. The van der Waals surface area contributed by atoms with E-state index in [1.165, 1.54) is 0 Å². The summed E-state index contributed by atoms with van der Waals surface area (Å²) in [5.74, 6) is 0.0882. The number of ether oxygens (including phenoxy) is 1. The molecular weight excluding hydrogens is 273 g/mol. The Bertz CT molecular complexity index is 419. The van der Waals surface area contributed by atoms with Crippen LogP contribution < -0.4 is 15.4 Å². The van der Waals surface area contributed by atoms with Crippen molar-refractivity contribution >= 4 is 5.91 Å². The molecular formula is C13H17F3N2O2. The Labute approximate surface area is 115 Å². The van der Waals surface area contributed by atoms with Gasteiger partial charge in [-0.1, -0.05) is 12.1 Å². The molecule has 0 atom stereocenters. The fourth-order valence-electron chi connectivity index (χ4n) is 1.49. The van der Waals surface area contributed by atoms with E-state index in [2.05, 4.69) is 5.32 Å². The van der Waals surface area contributed by atoms with Crippen LogP contribution in [0.25, 0.3) is 0 Å². The molecule has 20 heavy (non-hydrogen) atoms. The van der Waals surface area contributed by atoms with Crippen LogP contribution in [0, 0.1) is 0 Å². The van der Waals surface area contributed by atoms with Crippen LogP contribution in [0.5, 0.6) is 5.75 Å². The van der Waals surface area contributed by atoms with Gasteiger partial charge in [-0.25, -0.2) is 0 Å². The Morgan fingerprint density at radius 3 is 2.45 bits per heavy atom. The summed E-state index contributed by atoms with van der Waals surface area (Å²) < 4.78 is 40.5. The number of alkyl halides is 3. The lowest BCUT2D eigenvalue weighted by Crippen LogP contribution is -2.39. The molecule has 1 amide bonds. The first-order chi connectivity index (χ1) is 9.40. The lowest BCUT2D eigenvalue weighted by atomic mass is 10.1. The standard InChI is InChI=1S/C13H17F3N2O2/c1-20-11-4-2-10(3-5-11)6-7-17-8-12(19)18-9-13(14,15)16/h2-5,17H,6-9H2,1H3,(H,18,19). The first-order valence-electron chi connectivity index (χ1n) is 6.08. The Morgan fingerprint density at radius 2 is 1.90 bits per heavy atom. The van der Waals surface area contributed by atoms with Crippen LogP contribution >= 0.6 is 0 Å². The molecule has 0 bridgehead atoms. The first-order valence-corrected chi connectivity index (χ1v) is 6.08. The third-order valence-corrected chi connectivity index (χ3v) is 2.52. The van der Waals surface area contributed by atoms with Crippen LogP contribution in [-0.2, 0) is 11.2 Å². The van der Waals surface area contributed by atoms with Gasteiger partial charge in [0.25, 0.3) is 0 Å². The monoisotopic (exact) mass is 290 g/mol. The van der Waals surface area contributed by atoms with Gasteiger partial charge in [0.2, 0.25) is 5.91 Å². The Morgan fingerprint density at radius 1 is 1.25 bits per heavy atom. The minimum absolute atomic E-state index is 0.133. The summed E-state index contributed by atoms with van der Waals surface area (Å²) in [6.07, 6.45) is -3.70. The zero-order valence-electron chi connectivity index (χ0n) is 11.1. The van der Waals surface area contributed by atoms with Crippen molar-refractivity contribution < 1.29 is 22.7 Å². The quantitative estimate of drug-likeness (QED) is 0.748. The smallest absolute Gasteiger partial charge is 0.405 e. The normalized spacial score (nSPS) is 11.2. The van der Waals surface area contributed by atoms with E-state index >= 15 is 0 Å². The molecule has 4 nitrogen and oxygen atoms in total. The summed E-state index contributed by atoms with van der Waals surface area (Å²) in [4.78, 5) is 11.1. The summed E-state index contributed by atoms with van der Waals surface area (Å²) in [6, 6.07) is 7.44. The van der Waals surface area contributed by atoms with Crippen molar-refractivity contribution in [1.29, 1.82) is 0 Å². The highest BCUT2D eigenvalue weighted by Gasteiger charge is 2.27. The fourth-order valence-corrected chi connectivity index (χ4v) is 1.49. The average Bonchev–Trinajstić information content (AvgIpc) is 2.41. The summed E-state index contributed by atoms with van der Waals surface area (Å²) in [6.45, 7) is -0.927. The van der Waals surface area contributed by atoms with Crippen molar-refractivity contribution in [3.8, 4) is 5.75 Å². The minimum Gasteiger partial charge on any atom is -0.497 e. The molecule has 0 saturated carbocycles. The summed E-state index contributed by atoms with van der Waals surface area (Å²) >= 11 is 0. The molecule has 112 valence electrons. The Kier molecular flexibility index (Phi) is 6.30. The van der Waals surface area contributed by atoms with Crippen LogP contribution in [0.2, 0.25) is 0 Å². The number of carbonyl (C=O) groups excluding carboxylic acids is 1. The van der Waals surface area contributed by atoms with Gasteiger partial charge < -0.3 is 15.4 Å². The highest BCUT2D eigenvalue weighted by Crippen LogP contribution is 2.12. The van der Waals surface area contributed by atoms with Gasteiger partial charge in [-0.3, -0.25) is 4.79 Å². The molecule has 0 aliphatic heterocycles. The summed E-state index contributed by atoms with van der Waals surface area (Å²) in [7, 11) is 1.58. The van der Waals surface area contributed by atoms with E-state index in [-0.39, 0.29) is 6.54 Å². The number of carbonyl (C=O) groups is 1. The zero-order chi connectivity index (χ0) is 15.0. The topological polar surface area (TPSA) is 50.4 Å². The molecule has 0 saturated heterocycles. The lowest BCUT2D eigenvalue weighted by molar-refractivity contribution is -0.137. The predicted molar refractivity (Wildman–Crippen MR) is 68.6 cm³/mol. The van der Waals surface area contributed by atoms with Crippen molar-refractivity contribution in [1.82, 2.24) is 10.6 Å². The van der Waals surface area contributed by atoms with E-state index in [1.54, 1.807) is 12.4 Å². The molecule has 0 unspecified atom stereocenters. The second-order valence-electron chi connectivity index (χ2n) is 4.17. The maximum absolute atomic E-state index is 11.8. The van der Waals surface area contributed by atoms with Crippen LogP contribution in [0.3, 0.4) is 0 Å². The summed E-state index contributed by atoms with van der Waals surface area (Å²) in [5.41, 5.74) is 1.05. The Balaban J connectivity index is 2.16. The second kappa shape index (κ2) is 7.74. The molecule has 0 heterocycles. The number of methoxy groups -OCH3 is 1. The molecule has 0 spiro atoms. The van der Waals surface area contributed by atoms with E-state index in [1.807, 2.05) is 24.3 Å². The van der Waals surface area contributed by atoms with Gasteiger partial charge in [0, 0.05) is 0 Å². The van der Waals surface area contributed by atoms with E-state index in [0.717, 1.165) is 11.3 Å². The van der Waals surface area contributed by atoms with Gasteiger partial charge in [-0.15, -0.1) is 0 Å². The van der Waals surface area contributed by atoms with Gasteiger partial charge in [0.05, 0.1) is 13.7 Å². The number of benzene rings is 1. The third kappa shape index (κ3) is 6.98. The van der Waals surface area contributed by atoms with E-state index in [9.17, 15) is 18.0 Å². The van der Waals surface area contributed by atoms with Crippen LogP contribution in [0.4, 0.5) is 13.2 Å². The lowest BCUT2D eigenvalue weighted by Gasteiger charge is -2.09. The average molecular weight is 290 g/mol. The van der Waals surface area contributed by atoms with Gasteiger partial charge in [-0.2, -0.15) is 13.2 Å². The van der Waals surface area contributed by atoms with Crippen LogP contribution in [-0.4, -0.2) is 38.8 Å². The molecule has 7 heteroatoms. The molecule has 0 fully saturated rings. The SMILES string of the molecule is COc1ccc(CCNCC(=O)NCC(F)(F)F)cc1. The first kappa shape index (κ1) is 16.3. The zero-order valence-corrected chi connectivity index (χ0v) is 11.1. The van der Waals surface area contributed by atoms with Crippen LogP contribution in [0.15, 0.2) is 24.3 Å². The molecule has 1 aromatic rings. The highest BCUT2D eigenvalue weighted by atomic mass is 19.4. The van der Waals surface area contributed by atoms with Crippen molar-refractivity contribution in [2.75, 3.05) is 26.7 Å². The Hall–Kier alpha value is -1.76. The van der Waals surface area contributed by atoms with Crippen LogP contribution in [0.1, 0.15) is 5.56 Å². The molecule has 0 aliphatic carbocycles.